The third-order valence-corrected chi connectivity index (χ3v) is 2.94. The molecule has 3 aromatic rings. The summed E-state index contributed by atoms with van der Waals surface area (Å²) < 4.78 is 5.82. The van der Waals surface area contributed by atoms with E-state index in [0.717, 1.165) is 23.3 Å². The predicted octanol–water partition coefficient (Wildman–Crippen LogP) is 4.18. The van der Waals surface area contributed by atoms with E-state index >= 15 is 0 Å². The summed E-state index contributed by atoms with van der Waals surface area (Å²) in [4.78, 5) is 4.41. The lowest BCUT2D eigenvalue weighted by atomic mass is 10.1. The molecule has 2 aromatic heterocycles. The van der Waals surface area contributed by atoms with Crippen molar-refractivity contribution < 1.29 is 4.42 Å². The van der Waals surface area contributed by atoms with Crippen LogP contribution in [0.25, 0.3) is 21.9 Å². The number of hydrogen-bond acceptors (Lipinski definition) is 2. The summed E-state index contributed by atoms with van der Waals surface area (Å²) in [6, 6.07) is 10.3. The van der Waals surface area contributed by atoms with Crippen molar-refractivity contribution in [2.24, 2.45) is 5.92 Å². The standard InChI is InChI=1S/C15H15NO/c1-10(2)7-11-8-13-12-5-3-4-6-14(12)16-9-15(13)17-11/h3-6,8-10H,7H2,1-2H3. The van der Waals surface area contributed by atoms with E-state index in [1.165, 1.54) is 10.8 Å². The zero-order valence-electron chi connectivity index (χ0n) is 10.1. The maximum atomic E-state index is 5.82. The van der Waals surface area contributed by atoms with Gasteiger partial charge in [-0.1, -0.05) is 32.0 Å². The highest BCUT2D eigenvalue weighted by Crippen LogP contribution is 2.27. The molecule has 0 radical (unpaired) electrons. The summed E-state index contributed by atoms with van der Waals surface area (Å²) in [5, 5.41) is 2.34. The molecule has 0 atom stereocenters. The molecular weight excluding hydrogens is 210 g/mol. The SMILES string of the molecule is CC(C)Cc1cc2c(cnc3ccccc32)o1. The Balaban J connectivity index is 2.24. The highest BCUT2D eigenvalue weighted by atomic mass is 16.3. The fourth-order valence-corrected chi connectivity index (χ4v) is 2.21. The van der Waals surface area contributed by atoms with Crippen molar-refractivity contribution in [2.45, 2.75) is 20.3 Å². The second kappa shape index (κ2) is 3.88. The summed E-state index contributed by atoms with van der Waals surface area (Å²) in [7, 11) is 0. The van der Waals surface area contributed by atoms with E-state index in [-0.39, 0.29) is 0 Å². The number of benzene rings is 1. The molecule has 0 spiro atoms. The Hall–Kier alpha value is -1.83. The van der Waals surface area contributed by atoms with Gasteiger partial charge >= 0.3 is 0 Å². The van der Waals surface area contributed by atoms with Crippen LogP contribution in [0.15, 0.2) is 40.9 Å². The van der Waals surface area contributed by atoms with E-state index in [4.69, 9.17) is 4.42 Å². The minimum absolute atomic E-state index is 0.606. The van der Waals surface area contributed by atoms with Gasteiger partial charge in [0.15, 0.2) is 5.58 Å². The van der Waals surface area contributed by atoms with Crippen LogP contribution in [0.1, 0.15) is 19.6 Å². The van der Waals surface area contributed by atoms with Gasteiger partial charge in [-0.15, -0.1) is 0 Å². The van der Waals surface area contributed by atoms with Gasteiger partial charge in [-0.3, -0.25) is 4.98 Å². The van der Waals surface area contributed by atoms with Crippen molar-refractivity contribution in [3.63, 3.8) is 0 Å². The first-order valence-corrected chi connectivity index (χ1v) is 6.00. The van der Waals surface area contributed by atoms with Gasteiger partial charge < -0.3 is 4.42 Å². The van der Waals surface area contributed by atoms with Crippen molar-refractivity contribution in [1.29, 1.82) is 0 Å². The molecule has 3 rings (SSSR count). The van der Waals surface area contributed by atoms with Crippen LogP contribution < -0.4 is 0 Å². The highest BCUT2D eigenvalue weighted by molar-refractivity contribution is 6.03. The third-order valence-electron chi connectivity index (χ3n) is 2.94. The van der Waals surface area contributed by atoms with Gasteiger partial charge in [-0.05, 0) is 18.1 Å². The lowest BCUT2D eigenvalue weighted by Crippen LogP contribution is -1.90. The van der Waals surface area contributed by atoms with E-state index in [1.807, 2.05) is 24.4 Å². The molecule has 0 aliphatic heterocycles. The molecule has 0 fully saturated rings. The quantitative estimate of drug-likeness (QED) is 0.654. The third kappa shape index (κ3) is 1.80. The second-order valence-electron chi connectivity index (χ2n) is 4.86. The van der Waals surface area contributed by atoms with Crippen LogP contribution in [-0.4, -0.2) is 4.98 Å². The fourth-order valence-electron chi connectivity index (χ4n) is 2.21. The summed E-state index contributed by atoms with van der Waals surface area (Å²) in [5.41, 5.74) is 1.91. The average molecular weight is 225 g/mol. The Morgan fingerprint density at radius 2 is 2.00 bits per heavy atom. The summed E-state index contributed by atoms with van der Waals surface area (Å²) >= 11 is 0. The number of furan rings is 1. The predicted molar refractivity (Wildman–Crippen MR) is 70.1 cm³/mol. The molecule has 0 unspecified atom stereocenters. The van der Waals surface area contributed by atoms with Crippen molar-refractivity contribution in [3.05, 3.63) is 42.3 Å². The van der Waals surface area contributed by atoms with Crippen molar-refractivity contribution in [1.82, 2.24) is 4.98 Å². The number of para-hydroxylation sites is 1. The number of pyridine rings is 1. The highest BCUT2D eigenvalue weighted by Gasteiger charge is 2.08. The Labute approximate surface area is 100 Å². The Kier molecular flexibility index (Phi) is 2.36. The number of nitrogens with zero attached hydrogens (tertiary/aromatic N) is 1. The first-order chi connectivity index (χ1) is 8.24. The van der Waals surface area contributed by atoms with Crippen LogP contribution in [0.4, 0.5) is 0 Å². The molecule has 2 nitrogen and oxygen atoms in total. The average Bonchev–Trinajstić information content (AvgIpc) is 2.70. The van der Waals surface area contributed by atoms with Crippen LogP contribution in [0.3, 0.4) is 0 Å². The maximum Gasteiger partial charge on any atom is 0.153 e. The van der Waals surface area contributed by atoms with Crippen LogP contribution in [-0.2, 0) is 6.42 Å². The number of hydrogen-bond donors (Lipinski definition) is 0. The molecule has 0 aliphatic rings. The van der Waals surface area contributed by atoms with Gasteiger partial charge in [0, 0.05) is 17.2 Å². The largest absolute Gasteiger partial charge is 0.459 e. The minimum atomic E-state index is 0.606. The number of fused-ring (bicyclic) bond motifs is 3. The lowest BCUT2D eigenvalue weighted by molar-refractivity contribution is 0.499. The number of aromatic nitrogens is 1. The smallest absolute Gasteiger partial charge is 0.153 e. The first kappa shape index (κ1) is 10.3. The molecule has 2 heteroatoms. The number of rotatable bonds is 2. The fraction of sp³-hybridized carbons (Fsp3) is 0.267. The Morgan fingerprint density at radius 3 is 2.82 bits per heavy atom. The Morgan fingerprint density at radius 1 is 1.18 bits per heavy atom. The molecule has 0 amide bonds. The van der Waals surface area contributed by atoms with Gasteiger partial charge in [-0.25, -0.2) is 0 Å². The molecule has 0 saturated carbocycles. The first-order valence-electron chi connectivity index (χ1n) is 6.00. The van der Waals surface area contributed by atoms with Crippen LogP contribution in [0, 0.1) is 5.92 Å². The molecular formula is C15H15NO. The summed E-state index contributed by atoms with van der Waals surface area (Å²) in [5.74, 6) is 1.66. The molecule has 0 N–H and O–H groups in total. The van der Waals surface area contributed by atoms with Gasteiger partial charge in [-0.2, -0.15) is 0 Å². The van der Waals surface area contributed by atoms with E-state index in [0.29, 0.717) is 5.92 Å². The normalized spacial score (nSPS) is 11.7. The zero-order valence-corrected chi connectivity index (χ0v) is 10.1. The van der Waals surface area contributed by atoms with Gasteiger partial charge in [0.25, 0.3) is 0 Å². The minimum Gasteiger partial charge on any atom is -0.459 e. The molecule has 86 valence electrons. The van der Waals surface area contributed by atoms with Crippen molar-refractivity contribution >= 4 is 21.9 Å². The van der Waals surface area contributed by atoms with E-state index in [2.05, 4.69) is 31.0 Å². The van der Waals surface area contributed by atoms with Crippen LogP contribution in [0.5, 0.6) is 0 Å². The van der Waals surface area contributed by atoms with Crippen molar-refractivity contribution in [2.75, 3.05) is 0 Å². The molecule has 1 aromatic carbocycles. The van der Waals surface area contributed by atoms with Gasteiger partial charge in [0.2, 0.25) is 0 Å². The molecule has 0 saturated heterocycles. The summed E-state index contributed by atoms with van der Waals surface area (Å²) in [6.07, 6.45) is 2.80. The monoisotopic (exact) mass is 225 g/mol. The molecule has 2 heterocycles. The molecule has 17 heavy (non-hydrogen) atoms. The maximum absolute atomic E-state index is 5.82. The van der Waals surface area contributed by atoms with Crippen molar-refractivity contribution in [3.8, 4) is 0 Å². The zero-order chi connectivity index (χ0) is 11.8. The van der Waals surface area contributed by atoms with Gasteiger partial charge in [0.1, 0.15) is 5.76 Å². The molecule has 0 aliphatic carbocycles. The van der Waals surface area contributed by atoms with E-state index < -0.39 is 0 Å². The van der Waals surface area contributed by atoms with E-state index in [9.17, 15) is 0 Å². The summed E-state index contributed by atoms with van der Waals surface area (Å²) in [6.45, 7) is 4.40. The second-order valence-corrected chi connectivity index (χ2v) is 4.86. The van der Waals surface area contributed by atoms with Gasteiger partial charge in [0.05, 0.1) is 11.7 Å². The Bertz CT molecular complexity index is 667. The lowest BCUT2D eigenvalue weighted by Gasteiger charge is -1.98. The van der Waals surface area contributed by atoms with E-state index in [1.54, 1.807) is 0 Å². The van der Waals surface area contributed by atoms with Crippen LogP contribution in [0.2, 0.25) is 0 Å². The molecule has 0 bridgehead atoms. The topological polar surface area (TPSA) is 26.0 Å². The van der Waals surface area contributed by atoms with Crippen LogP contribution >= 0.6 is 0 Å².